The summed E-state index contributed by atoms with van der Waals surface area (Å²) in [7, 11) is -2.65. The van der Waals surface area contributed by atoms with Crippen LogP contribution in [0.15, 0.2) is 46.0 Å². The molecule has 0 atom stereocenters. The van der Waals surface area contributed by atoms with Gasteiger partial charge in [-0.15, -0.1) is 22.7 Å². The van der Waals surface area contributed by atoms with E-state index in [4.69, 9.17) is 9.88 Å². The zero-order chi connectivity index (χ0) is 18.0. The first-order chi connectivity index (χ1) is 11.9. The third-order valence-corrected chi connectivity index (χ3v) is 6.01. The molecule has 7 nitrogen and oxygen atoms in total. The van der Waals surface area contributed by atoms with Crippen molar-refractivity contribution in [3.8, 4) is 15.6 Å². The first kappa shape index (κ1) is 17.5. The monoisotopic (exact) mass is 395 g/mol. The lowest BCUT2D eigenvalue weighted by molar-refractivity contribution is 0.102. The van der Waals surface area contributed by atoms with Crippen LogP contribution in [-0.2, 0) is 10.0 Å². The Balaban J connectivity index is 1.84. The van der Waals surface area contributed by atoms with Crippen LogP contribution in [0, 0.1) is 0 Å². The molecule has 10 heteroatoms. The highest BCUT2D eigenvalue weighted by molar-refractivity contribution is 7.89. The van der Waals surface area contributed by atoms with Crippen molar-refractivity contribution >= 4 is 44.3 Å². The molecule has 3 N–H and O–H groups in total. The van der Waals surface area contributed by atoms with Crippen LogP contribution in [0.1, 0.15) is 10.5 Å². The van der Waals surface area contributed by atoms with Gasteiger partial charge in [-0.2, -0.15) is 0 Å². The molecule has 25 heavy (non-hydrogen) atoms. The molecule has 0 aliphatic rings. The van der Waals surface area contributed by atoms with E-state index in [1.807, 2.05) is 17.5 Å². The van der Waals surface area contributed by atoms with E-state index in [9.17, 15) is 13.2 Å². The van der Waals surface area contributed by atoms with Gasteiger partial charge in [-0.3, -0.25) is 4.79 Å². The summed E-state index contributed by atoms with van der Waals surface area (Å²) >= 11 is 2.90. The third-order valence-electron chi connectivity index (χ3n) is 3.20. The molecule has 0 spiro atoms. The fourth-order valence-corrected chi connectivity index (χ4v) is 4.40. The zero-order valence-electron chi connectivity index (χ0n) is 12.9. The Morgan fingerprint density at radius 2 is 2.08 bits per heavy atom. The van der Waals surface area contributed by atoms with Crippen LogP contribution in [0.25, 0.3) is 9.88 Å². The summed E-state index contributed by atoms with van der Waals surface area (Å²) in [6.07, 6.45) is 0. The summed E-state index contributed by atoms with van der Waals surface area (Å²) < 4.78 is 28.2. The zero-order valence-corrected chi connectivity index (χ0v) is 15.4. The van der Waals surface area contributed by atoms with Crippen LogP contribution < -0.4 is 15.2 Å². The first-order valence-corrected chi connectivity index (χ1v) is 10.2. The maximum Gasteiger partial charge on any atom is 0.275 e. The van der Waals surface area contributed by atoms with Crippen molar-refractivity contribution < 1.29 is 17.9 Å². The molecule has 130 valence electrons. The Labute approximate surface area is 152 Å². The molecule has 0 aliphatic carbocycles. The summed E-state index contributed by atoms with van der Waals surface area (Å²) in [5.41, 5.74) is 0.530. The minimum absolute atomic E-state index is 0.106. The number of sulfonamides is 1. The molecule has 0 bridgehead atoms. The number of rotatable bonds is 5. The summed E-state index contributed by atoms with van der Waals surface area (Å²) in [5.74, 6) is -0.335. The Hall–Kier alpha value is -2.27. The van der Waals surface area contributed by atoms with Gasteiger partial charge in [0.1, 0.15) is 21.3 Å². The fraction of sp³-hybridized carbons (Fsp3) is 0.0667. The lowest BCUT2D eigenvalue weighted by Gasteiger charge is -2.09. The second kappa shape index (κ2) is 6.92. The van der Waals surface area contributed by atoms with Crippen molar-refractivity contribution in [1.82, 2.24) is 4.98 Å². The van der Waals surface area contributed by atoms with E-state index in [2.05, 4.69) is 10.3 Å². The number of primary sulfonamides is 1. The molecule has 0 radical (unpaired) electrons. The number of aromatic nitrogens is 1. The van der Waals surface area contributed by atoms with Gasteiger partial charge in [-0.1, -0.05) is 6.07 Å². The van der Waals surface area contributed by atoms with E-state index in [0.29, 0.717) is 0 Å². The standard InChI is InChI=1S/C15H13N3O4S3/c1-22-11-5-4-9(7-13(11)25(16,20)21)17-14(19)10-8-24-15(18-10)12-3-2-6-23-12/h2-8H,1H3,(H,17,19)(H2,16,20,21). The third kappa shape index (κ3) is 3.87. The van der Waals surface area contributed by atoms with Crippen LogP contribution in [0.5, 0.6) is 5.75 Å². The van der Waals surface area contributed by atoms with E-state index >= 15 is 0 Å². The molecule has 0 unspecified atom stereocenters. The van der Waals surface area contributed by atoms with Crippen LogP contribution in [0.2, 0.25) is 0 Å². The second-order valence-corrected chi connectivity index (χ2v) is 8.22. The van der Waals surface area contributed by atoms with Gasteiger partial charge >= 0.3 is 0 Å². The summed E-state index contributed by atoms with van der Waals surface area (Å²) in [5, 5.41) is 12.1. The molecule has 3 aromatic rings. The number of nitrogens with one attached hydrogen (secondary N) is 1. The fourth-order valence-electron chi connectivity index (χ4n) is 2.06. The first-order valence-electron chi connectivity index (χ1n) is 6.90. The average molecular weight is 395 g/mol. The van der Waals surface area contributed by atoms with Crippen LogP contribution in [0.4, 0.5) is 5.69 Å². The quantitative estimate of drug-likeness (QED) is 0.690. The highest BCUT2D eigenvalue weighted by atomic mass is 32.2. The number of ether oxygens (including phenoxy) is 1. The summed E-state index contributed by atoms with van der Waals surface area (Å²) in [6, 6.07) is 8.03. The molecule has 2 heterocycles. The van der Waals surface area contributed by atoms with Crippen molar-refractivity contribution in [3.05, 3.63) is 46.8 Å². The van der Waals surface area contributed by atoms with Gasteiger partial charge in [-0.25, -0.2) is 18.5 Å². The number of hydrogen-bond acceptors (Lipinski definition) is 7. The Morgan fingerprint density at radius 3 is 2.72 bits per heavy atom. The van der Waals surface area contributed by atoms with Gasteiger partial charge in [0.05, 0.1) is 12.0 Å². The summed E-state index contributed by atoms with van der Waals surface area (Å²) in [6.45, 7) is 0. The van der Waals surface area contributed by atoms with Crippen LogP contribution in [0.3, 0.4) is 0 Å². The van der Waals surface area contributed by atoms with Gasteiger partial charge in [0.15, 0.2) is 0 Å². The SMILES string of the molecule is COc1ccc(NC(=O)c2csc(-c3cccs3)n2)cc1S(N)(=O)=O. The second-order valence-electron chi connectivity index (χ2n) is 4.88. The van der Waals surface area contributed by atoms with Crippen molar-refractivity contribution in [2.75, 3.05) is 12.4 Å². The van der Waals surface area contributed by atoms with E-state index in [1.165, 1.54) is 48.0 Å². The van der Waals surface area contributed by atoms with E-state index in [-0.39, 0.29) is 22.0 Å². The smallest absolute Gasteiger partial charge is 0.275 e. The minimum Gasteiger partial charge on any atom is -0.495 e. The van der Waals surface area contributed by atoms with Gasteiger partial charge in [0, 0.05) is 11.1 Å². The van der Waals surface area contributed by atoms with E-state index < -0.39 is 15.9 Å². The molecule has 1 amide bonds. The lowest BCUT2D eigenvalue weighted by Crippen LogP contribution is -2.16. The molecule has 0 saturated carbocycles. The van der Waals surface area contributed by atoms with Crippen molar-refractivity contribution in [1.29, 1.82) is 0 Å². The number of benzene rings is 1. The van der Waals surface area contributed by atoms with Gasteiger partial charge in [0.25, 0.3) is 5.91 Å². The molecule has 0 fully saturated rings. The normalized spacial score (nSPS) is 11.3. The van der Waals surface area contributed by atoms with Gasteiger partial charge < -0.3 is 10.1 Å². The maximum absolute atomic E-state index is 12.3. The highest BCUT2D eigenvalue weighted by Crippen LogP contribution is 2.29. The number of thiophene rings is 1. The number of methoxy groups -OCH3 is 1. The number of anilines is 1. The van der Waals surface area contributed by atoms with Crippen LogP contribution in [-0.4, -0.2) is 26.4 Å². The topological polar surface area (TPSA) is 111 Å². The van der Waals surface area contributed by atoms with Crippen molar-refractivity contribution in [3.63, 3.8) is 0 Å². The molecule has 0 saturated heterocycles. The molecule has 3 rings (SSSR count). The molecule has 1 aromatic carbocycles. The Bertz CT molecular complexity index is 1010. The molecule has 0 aliphatic heterocycles. The molecule has 2 aromatic heterocycles. The van der Waals surface area contributed by atoms with Crippen molar-refractivity contribution in [2.24, 2.45) is 5.14 Å². The maximum atomic E-state index is 12.3. The number of hydrogen-bond donors (Lipinski definition) is 2. The van der Waals surface area contributed by atoms with E-state index in [0.717, 1.165) is 9.88 Å². The van der Waals surface area contributed by atoms with Crippen LogP contribution >= 0.6 is 22.7 Å². The minimum atomic E-state index is -3.98. The number of carbonyl (C=O) groups is 1. The largest absolute Gasteiger partial charge is 0.495 e. The van der Waals surface area contributed by atoms with Crippen molar-refractivity contribution in [2.45, 2.75) is 4.90 Å². The predicted molar refractivity (Wildman–Crippen MR) is 97.7 cm³/mol. The number of carbonyl (C=O) groups excluding carboxylic acids is 1. The summed E-state index contributed by atoms with van der Waals surface area (Å²) in [4.78, 5) is 17.4. The highest BCUT2D eigenvalue weighted by Gasteiger charge is 2.18. The number of nitrogens with two attached hydrogens (primary N) is 1. The van der Waals surface area contributed by atoms with Gasteiger partial charge in [-0.05, 0) is 29.6 Å². The molecular weight excluding hydrogens is 382 g/mol. The Kier molecular flexibility index (Phi) is 4.86. The lowest BCUT2D eigenvalue weighted by atomic mass is 10.3. The van der Waals surface area contributed by atoms with Gasteiger partial charge in [0.2, 0.25) is 10.0 Å². The van der Waals surface area contributed by atoms with E-state index in [1.54, 1.807) is 5.38 Å². The molecular formula is C15H13N3O4S3. The predicted octanol–water partition coefficient (Wildman–Crippen LogP) is 2.78. The average Bonchev–Trinajstić information content (AvgIpc) is 3.25. The number of amides is 1. The Morgan fingerprint density at radius 1 is 1.28 bits per heavy atom. The number of thiazole rings is 1. The number of nitrogens with zero attached hydrogens (tertiary/aromatic N) is 1.